The summed E-state index contributed by atoms with van der Waals surface area (Å²) in [5.74, 6) is 1.63. The molecular formula is C26H26N2O4. The Bertz CT molecular complexity index is 1210. The lowest BCUT2D eigenvalue weighted by molar-refractivity contribution is 0.0949. The third-order valence-electron chi connectivity index (χ3n) is 5.63. The summed E-state index contributed by atoms with van der Waals surface area (Å²) in [5.41, 5.74) is 3.72. The number of aromatic nitrogens is 1. The number of hydrogen-bond donors (Lipinski definition) is 2. The molecule has 0 spiro atoms. The molecule has 164 valence electrons. The zero-order valence-electron chi connectivity index (χ0n) is 18.3. The van der Waals surface area contributed by atoms with Crippen molar-refractivity contribution in [3.63, 3.8) is 0 Å². The third kappa shape index (κ3) is 4.25. The monoisotopic (exact) mass is 430 g/mol. The topological polar surface area (TPSA) is 72.6 Å². The molecule has 0 bridgehead atoms. The number of aromatic amines is 1. The molecule has 4 aromatic rings. The highest BCUT2D eigenvalue weighted by Gasteiger charge is 2.21. The lowest BCUT2D eigenvalue weighted by atomic mass is 9.90. The lowest BCUT2D eigenvalue weighted by Gasteiger charge is -2.19. The van der Waals surface area contributed by atoms with Crippen LogP contribution in [0, 0.1) is 0 Å². The van der Waals surface area contributed by atoms with Crippen molar-refractivity contribution < 1.29 is 19.0 Å². The Balaban J connectivity index is 1.64. The molecule has 6 heteroatoms. The van der Waals surface area contributed by atoms with Crippen molar-refractivity contribution in [2.45, 2.75) is 5.92 Å². The van der Waals surface area contributed by atoms with Gasteiger partial charge in [0.15, 0.2) is 0 Å². The van der Waals surface area contributed by atoms with Crippen LogP contribution >= 0.6 is 0 Å². The number of methoxy groups -OCH3 is 3. The summed E-state index contributed by atoms with van der Waals surface area (Å²) < 4.78 is 15.9. The van der Waals surface area contributed by atoms with Crippen LogP contribution in [0.5, 0.6) is 17.2 Å². The summed E-state index contributed by atoms with van der Waals surface area (Å²) in [6, 6.07) is 21.3. The van der Waals surface area contributed by atoms with Gasteiger partial charge >= 0.3 is 0 Å². The van der Waals surface area contributed by atoms with Crippen molar-refractivity contribution in [2.75, 3.05) is 27.9 Å². The number of para-hydroxylation sites is 1. The SMILES string of the molecule is COc1ccc(C(CNC(=O)c2ccc(OC)cc2OC)c2c[nH]c3ccccc23)cc1. The molecule has 0 radical (unpaired) electrons. The number of hydrogen-bond acceptors (Lipinski definition) is 4. The standard InChI is InChI=1S/C26H26N2O4/c1-30-18-10-8-17(9-11-18)22(23-16-27-24-7-5-4-6-20(23)24)15-28-26(29)21-13-12-19(31-2)14-25(21)32-3/h4-14,16,22,27H,15H2,1-3H3,(H,28,29). The number of amides is 1. The van der Waals surface area contributed by atoms with E-state index in [1.807, 2.05) is 48.7 Å². The van der Waals surface area contributed by atoms with Gasteiger partial charge in [-0.2, -0.15) is 0 Å². The van der Waals surface area contributed by atoms with Gasteiger partial charge in [-0.05, 0) is 41.5 Å². The first-order chi connectivity index (χ1) is 15.6. The Morgan fingerprint density at radius 3 is 2.34 bits per heavy atom. The van der Waals surface area contributed by atoms with Crippen molar-refractivity contribution in [3.8, 4) is 17.2 Å². The predicted octanol–water partition coefficient (Wildman–Crippen LogP) is 4.76. The Kier molecular flexibility index (Phi) is 6.31. The summed E-state index contributed by atoms with van der Waals surface area (Å²) in [7, 11) is 4.77. The van der Waals surface area contributed by atoms with E-state index < -0.39 is 0 Å². The molecule has 0 aliphatic rings. The highest BCUT2D eigenvalue weighted by atomic mass is 16.5. The second-order valence-electron chi connectivity index (χ2n) is 7.39. The van der Waals surface area contributed by atoms with Gasteiger partial charge in [0.05, 0.1) is 26.9 Å². The number of fused-ring (bicyclic) bond motifs is 1. The van der Waals surface area contributed by atoms with Crippen LogP contribution in [0.3, 0.4) is 0 Å². The molecular weight excluding hydrogens is 404 g/mol. The largest absolute Gasteiger partial charge is 0.497 e. The van der Waals surface area contributed by atoms with Crippen LogP contribution in [-0.4, -0.2) is 38.8 Å². The van der Waals surface area contributed by atoms with Crippen LogP contribution in [-0.2, 0) is 0 Å². The van der Waals surface area contributed by atoms with E-state index >= 15 is 0 Å². The summed E-state index contributed by atoms with van der Waals surface area (Å²) in [6.45, 7) is 0.419. The quantitative estimate of drug-likeness (QED) is 0.423. The molecule has 1 amide bonds. The molecule has 0 saturated carbocycles. The van der Waals surface area contributed by atoms with Crippen molar-refractivity contribution in [1.82, 2.24) is 10.3 Å². The van der Waals surface area contributed by atoms with Gasteiger partial charge in [0.1, 0.15) is 17.2 Å². The summed E-state index contributed by atoms with van der Waals surface area (Å²) in [4.78, 5) is 16.4. The minimum Gasteiger partial charge on any atom is -0.497 e. The molecule has 0 fully saturated rings. The maximum Gasteiger partial charge on any atom is 0.255 e. The molecule has 0 aliphatic carbocycles. The van der Waals surface area contributed by atoms with Gasteiger partial charge in [-0.25, -0.2) is 0 Å². The Hall–Kier alpha value is -3.93. The molecule has 1 heterocycles. The molecule has 4 rings (SSSR count). The van der Waals surface area contributed by atoms with E-state index in [9.17, 15) is 4.79 Å². The number of ether oxygens (including phenoxy) is 3. The number of nitrogens with one attached hydrogen (secondary N) is 2. The number of H-pyrrole nitrogens is 1. The van der Waals surface area contributed by atoms with Crippen molar-refractivity contribution >= 4 is 16.8 Å². The summed E-state index contributed by atoms with van der Waals surface area (Å²) in [5, 5.41) is 4.22. The van der Waals surface area contributed by atoms with Gasteiger partial charge in [-0.15, -0.1) is 0 Å². The van der Waals surface area contributed by atoms with Crippen LogP contribution in [0.4, 0.5) is 0 Å². The maximum atomic E-state index is 13.0. The normalized spacial score (nSPS) is 11.7. The number of rotatable bonds is 8. The van der Waals surface area contributed by atoms with Gasteiger partial charge in [-0.3, -0.25) is 4.79 Å². The second-order valence-corrected chi connectivity index (χ2v) is 7.39. The number of carbonyl (C=O) groups excluding carboxylic acids is 1. The maximum absolute atomic E-state index is 13.0. The van der Waals surface area contributed by atoms with Crippen LogP contribution in [0.2, 0.25) is 0 Å². The van der Waals surface area contributed by atoms with Crippen molar-refractivity contribution in [2.24, 2.45) is 0 Å². The van der Waals surface area contributed by atoms with Gasteiger partial charge in [0.25, 0.3) is 5.91 Å². The fourth-order valence-corrected chi connectivity index (χ4v) is 3.90. The minimum absolute atomic E-state index is 0.0507. The van der Waals surface area contributed by atoms with E-state index in [0.29, 0.717) is 23.6 Å². The van der Waals surface area contributed by atoms with Crippen LogP contribution in [0.1, 0.15) is 27.4 Å². The predicted molar refractivity (Wildman–Crippen MR) is 125 cm³/mol. The fourth-order valence-electron chi connectivity index (χ4n) is 3.90. The van der Waals surface area contributed by atoms with Crippen LogP contribution in [0.25, 0.3) is 10.9 Å². The molecule has 1 atom stereocenters. The molecule has 1 aromatic heterocycles. The smallest absolute Gasteiger partial charge is 0.255 e. The Morgan fingerprint density at radius 1 is 0.906 bits per heavy atom. The van der Waals surface area contributed by atoms with E-state index in [-0.39, 0.29) is 11.8 Å². The number of benzene rings is 3. The zero-order valence-corrected chi connectivity index (χ0v) is 18.3. The molecule has 3 aromatic carbocycles. The minimum atomic E-state index is -0.206. The van der Waals surface area contributed by atoms with E-state index in [0.717, 1.165) is 27.8 Å². The average molecular weight is 431 g/mol. The van der Waals surface area contributed by atoms with Gasteiger partial charge in [0, 0.05) is 35.6 Å². The van der Waals surface area contributed by atoms with Gasteiger partial charge < -0.3 is 24.5 Å². The van der Waals surface area contributed by atoms with Gasteiger partial charge in [0.2, 0.25) is 0 Å². The van der Waals surface area contributed by atoms with Crippen molar-refractivity contribution in [1.29, 1.82) is 0 Å². The first-order valence-electron chi connectivity index (χ1n) is 10.3. The average Bonchev–Trinajstić information content (AvgIpc) is 3.28. The molecule has 2 N–H and O–H groups in total. The van der Waals surface area contributed by atoms with E-state index in [4.69, 9.17) is 14.2 Å². The molecule has 6 nitrogen and oxygen atoms in total. The Morgan fingerprint density at radius 2 is 1.62 bits per heavy atom. The lowest BCUT2D eigenvalue weighted by Crippen LogP contribution is -2.29. The molecule has 1 unspecified atom stereocenters. The highest BCUT2D eigenvalue weighted by molar-refractivity contribution is 5.97. The summed E-state index contributed by atoms with van der Waals surface area (Å²) in [6.07, 6.45) is 2.01. The van der Waals surface area contributed by atoms with Crippen LogP contribution in [0.15, 0.2) is 72.9 Å². The fraction of sp³-hybridized carbons (Fsp3) is 0.192. The molecule has 0 saturated heterocycles. The first kappa shape index (κ1) is 21.3. The Labute approximate surface area is 187 Å². The molecule has 32 heavy (non-hydrogen) atoms. The van der Waals surface area contributed by atoms with E-state index in [2.05, 4.69) is 16.4 Å². The number of carbonyl (C=O) groups is 1. The van der Waals surface area contributed by atoms with E-state index in [1.165, 1.54) is 7.11 Å². The van der Waals surface area contributed by atoms with E-state index in [1.54, 1.807) is 32.4 Å². The molecule has 0 aliphatic heterocycles. The first-order valence-corrected chi connectivity index (χ1v) is 10.3. The van der Waals surface area contributed by atoms with Crippen LogP contribution < -0.4 is 19.5 Å². The zero-order chi connectivity index (χ0) is 22.5. The highest BCUT2D eigenvalue weighted by Crippen LogP contribution is 2.32. The third-order valence-corrected chi connectivity index (χ3v) is 5.63. The van der Waals surface area contributed by atoms with Gasteiger partial charge in [-0.1, -0.05) is 30.3 Å². The summed E-state index contributed by atoms with van der Waals surface area (Å²) >= 11 is 0. The van der Waals surface area contributed by atoms with Crippen molar-refractivity contribution in [3.05, 3.63) is 89.6 Å². The second kappa shape index (κ2) is 9.47.